The molecule has 5 rings (SSSR count). The standard InChI is InChI=1S/C25H28N8O5/c1-13-11-37-23-14-7-16(19(36-6)8-15(14)27-12-28-23)30-20-9-17(32(5)24(35)38-25(2,3)4)21-26-10-18(22(34)29-13)33(21)31-20/h7-10,12-13H,11H2,1-6H3,(H,29,34)(H,30,31)/t13-/m1/s1. The number of imidazole rings is 1. The molecule has 13 nitrogen and oxygen atoms in total. The zero-order valence-corrected chi connectivity index (χ0v) is 21.9. The quantitative estimate of drug-likeness (QED) is 0.404. The van der Waals surface area contributed by atoms with Crippen LogP contribution in [-0.4, -0.2) is 69.0 Å². The Kier molecular flexibility index (Phi) is 6.13. The maximum atomic E-state index is 13.2. The second kappa shape index (κ2) is 9.32. The summed E-state index contributed by atoms with van der Waals surface area (Å²) in [4.78, 5) is 40.5. The smallest absolute Gasteiger partial charge is 0.414 e. The second-order valence-electron chi connectivity index (χ2n) is 9.89. The summed E-state index contributed by atoms with van der Waals surface area (Å²) < 4.78 is 18.5. The summed E-state index contributed by atoms with van der Waals surface area (Å²) in [6, 6.07) is 4.84. The summed E-state index contributed by atoms with van der Waals surface area (Å²) in [6.07, 6.45) is 2.22. The van der Waals surface area contributed by atoms with Gasteiger partial charge in [-0.05, 0) is 33.8 Å². The Morgan fingerprint density at radius 1 is 1.21 bits per heavy atom. The molecule has 0 saturated heterocycles. The van der Waals surface area contributed by atoms with E-state index >= 15 is 0 Å². The minimum absolute atomic E-state index is 0.161. The summed E-state index contributed by atoms with van der Waals surface area (Å²) in [6.45, 7) is 7.32. The number of aromatic nitrogens is 5. The first kappa shape index (κ1) is 25.0. The largest absolute Gasteiger partial charge is 0.494 e. The van der Waals surface area contributed by atoms with Crippen molar-refractivity contribution in [1.29, 1.82) is 0 Å². The number of hydrogen-bond acceptors (Lipinski definition) is 10. The molecule has 0 radical (unpaired) electrons. The van der Waals surface area contributed by atoms with E-state index < -0.39 is 17.6 Å². The van der Waals surface area contributed by atoms with E-state index in [1.165, 1.54) is 21.9 Å². The molecular formula is C25H28N8O5. The minimum atomic E-state index is -0.708. The average molecular weight is 521 g/mol. The van der Waals surface area contributed by atoms with Crippen molar-refractivity contribution in [3.05, 3.63) is 36.4 Å². The zero-order chi connectivity index (χ0) is 27.2. The van der Waals surface area contributed by atoms with Gasteiger partial charge in [0.1, 0.15) is 24.3 Å². The van der Waals surface area contributed by atoms with Crippen LogP contribution in [0.25, 0.3) is 16.6 Å². The molecule has 2 amide bonds. The molecule has 38 heavy (non-hydrogen) atoms. The maximum absolute atomic E-state index is 13.2. The molecule has 198 valence electrons. The van der Waals surface area contributed by atoms with Crippen LogP contribution >= 0.6 is 0 Å². The van der Waals surface area contributed by atoms with E-state index in [2.05, 4.69) is 30.7 Å². The molecule has 4 bridgehead atoms. The van der Waals surface area contributed by atoms with Crippen LogP contribution in [0.2, 0.25) is 0 Å². The first-order valence-electron chi connectivity index (χ1n) is 11.9. The SMILES string of the molecule is COc1cc2ncnc3c2cc1Nc1cc(N(C)C(=O)OC(C)(C)C)c2ncc(n2n1)C(=O)N[C@H](C)CO3. The molecule has 3 aromatic heterocycles. The van der Waals surface area contributed by atoms with Crippen LogP contribution in [0.15, 0.2) is 30.7 Å². The summed E-state index contributed by atoms with van der Waals surface area (Å²) in [5.74, 6) is 0.759. The summed E-state index contributed by atoms with van der Waals surface area (Å²) in [7, 11) is 3.11. The van der Waals surface area contributed by atoms with Gasteiger partial charge in [-0.3, -0.25) is 9.69 Å². The zero-order valence-electron chi connectivity index (χ0n) is 21.9. The van der Waals surface area contributed by atoms with Crippen LogP contribution in [-0.2, 0) is 4.74 Å². The Morgan fingerprint density at radius 2 is 2.00 bits per heavy atom. The molecule has 4 aromatic rings. The highest BCUT2D eigenvalue weighted by Crippen LogP contribution is 2.35. The van der Waals surface area contributed by atoms with Crippen molar-refractivity contribution in [3.8, 4) is 11.6 Å². The highest BCUT2D eigenvalue weighted by molar-refractivity contribution is 5.97. The highest BCUT2D eigenvalue weighted by Gasteiger charge is 2.26. The molecule has 13 heteroatoms. The number of anilines is 3. The molecule has 0 fully saturated rings. The predicted molar refractivity (Wildman–Crippen MR) is 139 cm³/mol. The molecule has 2 N–H and O–H groups in total. The van der Waals surface area contributed by atoms with Gasteiger partial charge >= 0.3 is 6.09 Å². The van der Waals surface area contributed by atoms with Gasteiger partial charge in [0.05, 0.1) is 41.6 Å². The van der Waals surface area contributed by atoms with E-state index in [9.17, 15) is 9.59 Å². The number of ether oxygens (including phenoxy) is 3. The van der Waals surface area contributed by atoms with E-state index in [1.807, 2.05) is 6.92 Å². The molecule has 0 saturated carbocycles. The van der Waals surface area contributed by atoms with E-state index in [-0.39, 0.29) is 18.3 Å². The van der Waals surface area contributed by atoms with Crippen LogP contribution in [0.3, 0.4) is 0 Å². The lowest BCUT2D eigenvalue weighted by Crippen LogP contribution is -2.37. The molecule has 1 atom stereocenters. The van der Waals surface area contributed by atoms with E-state index in [1.54, 1.807) is 53.1 Å². The van der Waals surface area contributed by atoms with Crippen molar-refractivity contribution in [1.82, 2.24) is 29.9 Å². The lowest BCUT2D eigenvalue weighted by molar-refractivity contribution is 0.0589. The Hall–Kier alpha value is -4.68. The van der Waals surface area contributed by atoms with Gasteiger partial charge in [0.25, 0.3) is 5.91 Å². The van der Waals surface area contributed by atoms with Gasteiger partial charge in [-0.2, -0.15) is 0 Å². The maximum Gasteiger partial charge on any atom is 0.414 e. The van der Waals surface area contributed by atoms with Crippen LogP contribution in [0.1, 0.15) is 38.2 Å². The van der Waals surface area contributed by atoms with Gasteiger partial charge in [0.15, 0.2) is 17.2 Å². The number of carbonyl (C=O) groups excluding carboxylic acids is 2. The predicted octanol–water partition coefficient (Wildman–Crippen LogP) is 3.31. The van der Waals surface area contributed by atoms with Gasteiger partial charge in [-0.25, -0.2) is 24.3 Å². The van der Waals surface area contributed by atoms with E-state index in [0.717, 1.165) is 0 Å². The van der Waals surface area contributed by atoms with Crippen LogP contribution in [0.4, 0.5) is 22.0 Å². The van der Waals surface area contributed by atoms with E-state index in [0.29, 0.717) is 45.4 Å². The molecule has 1 aliphatic rings. The van der Waals surface area contributed by atoms with Gasteiger partial charge in [0.2, 0.25) is 5.88 Å². The van der Waals surface area contributed by atoms with Crippen molar-refractivity contribution in [2.45, 2.75) is 39.3 Å². The number of hydrogen-bond donors (Lipinski definition) is 2. The monoisotopic (exact) mass is 520 g/mol. The lowest BCUT2D eigenvalue weighted by Gasteiger charge is -2.25. The number of nitrogens with zero attached hydrogens (tertiary/aromatic N) is 6. The molecule has 1 aromatic carbocycles. The lowest BCUT2D eigenvalue weighted by atomic mass is 10.2. The van der Waals surface area contributed by atoms with Crippen molar-refractivity contribution < 1.29 is 23.8 Å². The molecule has 0 spiro atoms. The fourth-order valence-electron chi connectivity index (χ4n) is 3.97. The molecule has 1 aliphatic heterocycles. The number of amides is 2. The van der Waals surface area contributed by atoms with Crippen LogP contribution in [0, 0.1) is 0 Å². The third kappa shape index (κ3) is 4.69. The summed E-state index contributed by atoms with van der Waals surface area (Å²) >= 11 is 0. The Balaban J connectivity index is 1.71. The third-order valence-electron chi connectivity index (χ3n) is 5.74. The summed E-state index contributed by atoms with van der Waals surface area (Å²) in [5.41, 5.74) is 1.31. The third-order valence-corrected chi connectivity index (χ3v) is 5.74. The van der Waals surface area contributed by atoms with Gasteiger partial charge < -0.3 is 24.8 Å². The first-order valence-corrected chi connectivity index (χ1v) is 11.9. The fourth-order valence-corrected chi connectivity index (χ4v) is 3.97. The topological polar surface area (TPSA) is 145 Å². The number of methoxy groups -OCH3 is 1. The second-order valence-corrected chi connectivity index (χ2v) is 9.89. The molecule has 4 heterocycles. The number of nitrogens with one attached hydrogen (secondary N) is 2. The number of benzene rings is 1. The Labute approximate surface area is 218 Å². The molecule has 0 aliphatic carbocycles. The van der Waals surface area contributed by atoms with Crippen LogP contribution < -0.4 is 25.0 Å². The van der Waals surface area contributed by atoms with Crippen molar-refractivity contribution in [2.24, 2.45) is 0 Å². The minimum Gasteiger partial charge on any atom is -0.494 e. The van der Waals surface area contributed by atoms with Gasteiger partial charge in [-0.1, -0.05) is 0 Å². The summed E-state index contributed by atoms with van der Waals surface area (Å²) in [5, 5.41) is 11.4. The number of fused-ring (bicyclic) bond motifs is 2. The van der Waals surface area contributed by atoms with Gasteiger partial charge in [0, 0.05) is 19.2 Å². The number of carbonyl (C=O) groups is 2. The van der Waals surface area contributed by atoms with Gasteiger partial charge in [-0.15, -0.1) is 5.10 Å². The highest BCUT2D eigenvalue weighted by atomic mass is 16.6. The van der Waals surface area contributed by atoms with Crippen molar-refractivity contribution in [2.75, 3.05) is 31.0 Å². The fraction of sp³-hybridized carbons (Fsp3) is 0.360. The molecule has 0 unspecified atom stereocenters. The number of rotatable bonds is 2. The Morgan fingerprint density at radius 3 is 2.74 bits per heavy atom. The normalized spacial score (nSPS) is 15.5. The van der Waals surface area contributed by atoms with E-state index in [4.69, 9.17) is 14.2 Å². The first-order chi connectivity index (χ1) is 18.0. The molecular weight excluding hydrogens is 492 g/mol. The average Bonchev–Trinajstić information content (AvgIpc) is 3.29. The Bertz CT molecular complexity index is 1560. The van der Waals surface area contributed by atoms with Crippen molar-refractivity contribution in [3.63, 3.8) is 0 Å². The van der Waals surface area contributed by atoms with Crippen LogP contribution in [0.5, 0.6) is 11.6 Å². The van der Waals surface area contributed by atoms with Crippen molar-refractivity contribution >= 4 is 45.7 Å².